The van der Waals surface area contributed by atoms with Gasteiger partial charge in [0, 0.05) is 42.0 Å². The second-order valence-electron chi connectivity index (χ2n) is 11.4. The van der Waals surface area contributed by atoms with Crippen LogP contribution in [0.4, 0.5) is 0 Å². The van der Waals surface area contributed by atoms with Gasteiger partial charge in [-0.2, -0.15) is 0 Å². The molecular weight excluding hydrogens is 699 g/mol. The van der Waals surface area contributed by atoms with Crippen LogP contribution in [0.15, 0.2) is 89.6 Å². The molecule has 0 unspecified atom stereocenters. The molecule has 0 aliphatic heterocycles. The van der Waals surface area contributed by atoms with E-state index >= 15 is 0 Å². The van der Waals surface area contributed by atoms with Crippen LogP contribution < -0.4 is 5.19 Å². The Bertz CT molecular complexity index is 1850. The zero-order chi connectivity index (χ0) is 30.8. The van der Waals surface area contributed by atoms with Crippen molar-refractivity contribution >= 4 is 35.3 Å². The first-order chi connectivity index (χ1) is 20.4. The summed E-state index contributed by atoms with van der Waals surface area (Å²) in [5.74, 6) is 0.609. The largest absolute Gasteiger partial charge is 0.483 e. The molecule has 6 heteroatoms. The van der Waals surface area contributed by atoms with E-state index in [1.165, 1.54) is 16.9 Å². The van der Waals surface area contributed by atoms with Gasteiger partial charge in [0.25, 0.3) is 0 Å². The smallest absolute Gasteiger partial charge is 0.141 e. The van der Waals surface area contributed by atoms with Crippen LogP contribution in [0.1, 0.15) is 29.1 Å². The molecular formula is C35H35IrN3OSi-2. The summed E-state index contributed by atoms with van der Waals surface area (Å²) in [6, 6.07) is 26.2. The Morgan fingerprint density at radius 2 is 1.66 bits per heavy atom. The molecule has 6 aromatic rings. The first-order valence-electron chi connectivity index (χ1n) is 15.0. The van der Waals surface area contributed by atoms with Crippen molar-refractivity contribution in [2.75, 3.05) is 0 Å². The molecule has 0 atom stereocenters. The average molecular weight is 737 g/mol. The third-order valence-corrected chi connectivity index (χ3v) is 8.70. The molecule has 0 saturated heterocycles. The van der Waals surface area contributed by atoms with Gasteiger partial charge in [0.05, 0.1) is 8.07 Å². The van der Waals surface area contributed by atoms with Gasteiger partial charge >= 0.3 is 0 Å². The van der Waals surface area contributed by atoms with Crippen molar-refractivity contribution in [1.82, 2.24) is 15.0 Å². The van der Waals surface area contributed by atoms with Crippen molar-refractivity contribution in [1.29, 1.82) is 0 Å². The van der Waals surface area contributed by atoms with E-state index in [4.69, 9.17) is 13.5 Å². The maximum atomic E-state index is 7.23. The molecule has 6 rings (SSSR count). The van der Waals surface area contributed by atoms with Gasteiger partial charge in [0.15, 0.2) is 0 Å². The summed E-state index contributed by atoms with van der Waals surface area (Å²) >= 11 is 0. The number of rotatable bonds is 5. The van der Waals surface area contributed by atoms with Crippen LogP contribution in [0.3, 0.4) is 0 Å². The van der Waals surface area contributed by atoms with Crippen LogP contribution in [0.2, 0.25) is 19.6 Å². The first-order valence-corrected chi connectivity index (χ1v) is 17.0. The van der Waals surface area contributed by atoms with Gasteiger partial charge in [0.1, 0.15) is 11.3 Å². The molecule has 211 valence electrons. The van der Waals surface area contributed by atoms with Crippen molar-refractivity contribution in [3.05, 3.63) is 109 Å². The Morgan fingerprint density at radius 1 is 0.878 bits per heavy atom. The summed E-state index contributed by atoms with van der Waals surface area (Å²) in [5, 5.41) is 3.54. The fourth-order valence-corrected chi connectivity index (χ4v) is 6.32. The molecule has 2 aromatic carbocycles. The summed E-state index contributed by atoms with van der Waals surface area (Å²) in [4.78, 5) is 13.3. The van der Waals surface area contributed by atoms with E-state index in [0.717, 1.165) is 45.3 Å². The van der Waals surface area contributed by atoms with E-state index in [-0.39, 0.29) is 25.7 Å². The molecule has 0 saturated carbocycles. The van der Waals surface area contributed by atoms with Crippen LogP contribution in [0.5, 0.6) is 0 Å². The summed E-state index contributed by atoms with van der Waals surface area (Å²) in [5.41, 5.74) is 6.60. The number of benzene rings is 2. The Morgan fingerprint density at radius 3 is 2.34 bits per heavy atom. The first kappa shape index (κ1) is 26.5. The van der Waals surface area contributed by atoms with Crippen LogP contribution in [0.25, 0.3) is 44.6 Å². The number of hydrogen-bond donors (Lipinski definition) is 0. The van der Waals surface area contributed by atoms with Crippen LogP contribution in [0, 0.1) is 25.0 Å². The molecule has 0 N–H and O–H groups in total. The van der Waals surface area contributed by atoms with Gasteiger partial charge in [-0.05, 0) is 59.0 Å². The monoisotopic (exact) mass is 737 g/mol. The summed E-state index contributed by atoms with van der Waals surface area (Å²) in [7, 11) is -1.44. The van der Waals surface area contributed by atoms with Gasteiger partial charge < -0.3 is 19.4 Å². The zero-order valence-electron chi connectivity index (χ0n) is 27.0. The zero-order valence-corrected chi connectivity index (χ0v) is 27.3. The minimum Gasteiger partial charge on any atom is -0.483 e. The van der Waals surface area contributed by atoms with Crippen molar-refractivity contribution < 1.29 is 28.6 Å². The van der Waals surface area contributed by atoms with E-state index in [0.29, 0.717) is 11.6 Å². The SMILES string of the molecule is CC(C)Cc1cc(-c2[c-]nc3oc4ccccc4c3c2)ncc1[Si](C)(C)C.[2H]C([2H])([2H])c1ccc(-c2[c-]cccc2)nc1.[Ir]. The van der Waals surface area contributed by atoms with Gasteiger partial charge in [-0.15, -0.1) is 47.5 Å². The van der Waals surface area contributed by atoms with Gasteiger partial charge in [-0.1, -0.05) is 75.5 Å². The van der Waals surface area contributed by atoms with Crippen LogP contribution >= 0.6 is 0 Å². The number of aryl methyl sites for hydroxylation is 1. The second kappa shape index (κ2) is 13.0. The van der Waals surface area contributed by atoms with Gasteiger partial charge in [-0.3, -0.25) is 0 Å². The van der Waals surface area contributed by atoms with Crippen molar-refractivity contribution in [3.8, 4) is 22.5 Å². The van der Waals surface area contributed by atoms with Gasteiger partial charge in [0.2, 0.25) is 0 Å². The Hall–Kier alpha value is -3.44. The molecule has 4 aromatic heterocycles. The minimum absolute atomic E-state index is 0. The average Bonchev–Trinajstić information content (AvgIpc) is 3.35. The van der Waals surface area contributed by atoms with Crippen molar-refractivity contribution in [2.24, 2.45) is 5.92 Å². The fraction of sp³-hybridized carbons (Fsp3) is 0.229. The number of nitrogens with zero attached hydrogens (tertiary/aromatic N) is 3. The third-order valence-electron chi connectivity index (χ3n) is 6.63. The minimum atomic E-state index is -2.09. The molecule has 0 aliphatic carbocycles. The second-order valence-corrected chi connectivity index (χ2v) is 16.4. The van der Waals surface area contributed by atoms with E-state index in [1.807, 2.05) is 36.4 Å². The Kier molecular flexibility index (Phi) is 8.41. The molecule has 1 radical (unpaired) electrons. The number of furan rings is 1. The van der Waals surface area contributed by atoms with E-state index < -0.39 is 14.9 Å². The molecule has 4 nitrogen and oxygen atoms in total. The molecule has 0 bridgehead atoms. The van der Waals surface area contributed by atoms with Gasteiger partial charge in [-0.25, -0.2) is 0 Å². The molecule has 0 amide bonds. The van der Waals surface area contributed by atoms with E-state index in [9.17, 15) is 0 Å². The number of para-hydroxylation sites is 1. The molecule has 41 heavy (non-hydrogen) atoms. The Balaban J connectivity index is 0.000000223. The van der Waals surface area contributed by atoms with Crippen LogP contribution in [-0.4, -0.2) is 23.0 Å². The number of hydrogen-bond acceptors (Lipinski definition) is 4. The summed E-state index contributed by atoms with van der Waals surface area (Å²) in [6.07, 6.45) is 7.68. The summed E-state index contributed by atoms with van der Waals surface area (Å²) < 4.78 is 27.5. The predicted octanol–water partition coefficient (Wildman–Crippen LogP) is 8.44. The summed E-state index contributed by atoms with van der Waals surface area (Å²) in [6.45, 7) is 9.59. The molecule has 0 fully saturated rings. The van der Waals surface area contributed by atoms with Crippen LogP contribution in [-0.2, 0) is 26.5 Å². The molecule has 4 heterocycles. The fourth-order valence-electron chi connectivity index (χ4n) is 4.73. The van der Waals surface area contributed by atoms with E-state index in [1.54, 1.807) is 18.2 Å². The molecule has 0 aliphatic rings. The number of aromatic nitrogens is 3. The maximum Gasteiger partial charge on any atom is 0.141 e. The topological polar surface area (TPSA) is 51.8 Å². The molecule has 0 spiro atoms. The normalized spacial score (nSPS) is 12.7. The predicted molar refractivity (Wildman–Crippen MR) is 168 cm³/mol. The third kappa shape index (κ3) is 7.26. The standard InChI is InChI=1S/C23H25N2OSi.C12H10N.Ir/c1-15(2)10-16-12-20(24-14-22(16)27(3,4)5)17-11-19-18-8-6-7-9-21(18)26-23(19)25-13-17;1-10-7-8-12(13-9-10)11-5-3-2-4-6-11;/h6-9,11-12,14-15H,10H2,1-5H3;2-5,7-9H,1H3;/q2*-1;/i;1D3;. The number of pyridine rings is 3. The maximum absolute atomic E-state index is 7.23. The van der Waals surface area contributed by atoms with Crippen molar-refractivity contribution in [2.45, 2.75) is 46.8 Å². The Labute approximate surface area is 261 Å². The number of fused-ring (bicyclic) bond motifs is 3. The van der Waals surface area contributed by atoms with Crippen molar-refractivity contribution in [3.63, 3.8) is 0 Å². The quantitative estimate of drug-likeness (QED) is 0.132. The van der Waals surface area contributed by atoms with E-state index in [2.05, 4.69) is 80.1 Å².